The van der Waals surface area contributed by atoms with Crippen LogP contribution in [0.2, 0.25) is 5.02 Å². The van der Waals surface area contributed by atoms with Crippen molar-refractivity contribution < 1.29 is 14.6 Å². The normalized spacial score (nSPS) is 10.8. The molecule has 0 bridgehead atoms. The highest BCUT2D eigenvalue weighted by molar-refractivity contribution is 6.31. The van der Waals surface area contributed by atoms with E-state index in [1.54, 1.807) is 6.08 Å². The van der Waals surface area contributed by atoms with Gasteiger partial charge in [0, 0.05) is 11.1 Å². The predicted octanol–water partition coefficient (Wildman–Crippen LogP) is 4.33. The van der Waals surface area contributed by atoms with Gasteiger partial charge in [-0.25, -0.2) is 4.79 Å². The third-order valence-corrected chi connectivity index (χ3v) is 3.36. The van der Waals surface area contributed by atoms with Crippen LogP contribution in [0.15, 0.2) is 48.5 Å². The van der Waals surface area contributed by atoms with E-state index in [4.69, 9.17) is 21.4 Å². The summed E-state index contributed by atoms with van der Waals surface area (Å²) in [5.41, 5.74) is 2.82. The second-order valence-electron chi connectivity index (χ2n) is 4.61. The van der Waals surface area contributed by atoms with Crippen LogP contribution >= 0.6 is 11.6 Å². The molecule has 0 aliphatic rings. The molecular formula is C17H15ClO3. The van der Waals surface area contributed by atoms with Crippen LogP contribution in [-0.2, 0) is 11.4 Å². The number of aliphatic carboxylic acids is 1. The lowest BCUT2D eigenvalue weighted by Crippen LogP contribution is -1.95. The molecule has 0 spiro atoms. The van der Waals surface area contributed by atoms with Gasteiger partial charge in [-0.05, 0) is 47.9 Å². The molecule has 0 saturated carbocycles. The number of benzene rings is 2. The zero-order valence-corrected chi connectivity index (χ0v) is 12.3. The lowest BCUT2D eigenvalue weighted by molar-refractivity contribution is -0.131. The Morgan fingerprint density at radius 1 is 1.24 bits per heavy atom. The summed E-state index contributed by atoms with van der Waals surface area (Å²) in [7, 11) is 0. The third-order valence-electron chi connectivity index (χ3n) is 2.93. The summed E-state index contributed by atoms with van der Waals surface area (Å²) >= 11 is 5.96. The van der Waals surface area contributed by atoms with E-state index in [-0.39, 0.29) is 0 Å². The first kappa shape index (κ1) is 15.1. The van der Waals surface area contributed by atoms with Gasteiger partial charge in [-0.3, -0.25) is 0 Å². The maximum atomic E-state index is 10.4. The van der Waals surface area contributed by atoms with E-state index < -0.39 is 5.97 Å². The molecule has 0 amide bonds. The van der Waals surface area contributed by atoms with Crippen LogP contribution in [-0.4, -0.2) is 11.1 Å². The molecule has 0 heterocycles. The van der Waals surface area contributed by atoms with Crippen LogP contribution in [0.1, 0.15) is 16.7 Å². The summed E-state index contributed by atoms with van der Waals surface area (Å²) in [6, 6.07) is 13.1. The number of carboxylic acid groups (broad SMARTS) is 1. The largest absolute Gasteiger partial charge is 0.489 e. The molecule has 108 valence electrons. The van der Waals surface area contributed by atoms with Gasteiger partial charge in [0.05, 0.1) is 0 Å². The molecule has 0 saturated heterocycles. The van der Waals surface area contributed by atoms with Crippen molar-refractivity contribution in [2.24, 2.45) is 0 Å². The maximum absolute atomic E-state index is 10.4. The summed E-state index contributed by atoms with van der Waals surface area (Å²) in [4.78, 5) is 10.4. The zero-order chi connectivity index (χ0) is 15.2. The van der Waals surface area contributed by atoms with E-state index in [1.165, 1.54) is 0 Å². The molecule has 3 nitrogen and oxygen atoms in total. The van der Waals surface area contributed by atoms with Crippen LogP contribution in [0.25, 0.3) is 6.08 Å². The molecule has 0 aliphatic carbocycles. The molecule has 0 atom stereocenters. The standard InChI is InChI=1S/C17H15ClO3/c1-12-10-15(7-8-16(12)18)21-11-14-4-2-13(3-5-14)6-9-17(19)20/h2-10H,11H2,1H3,(H,19,20). The molecular weight excluding hydrogens is 288 g/mol. The molecule has 0 fully saturated rings. The minimum Gasteiger partial charge on any atom is -0.489 e. The first-order valence-corrected chi connectivity index (χ1v) is 6.81. The second-order valence-corrected chi connectivity index (χ2v) is 5.02. The van der Waals surface area contributed by atoms with Crippen molar-refractivity contribution in [2.45, 2.75) is 13.5 Å². The van der Waals surface area contributed by atoms with Gasteiger partial charge in [-0.2, -0.15) is 0 Å². The molecule has 4 heteroatoms. The maximum Gasteiger partial charge on any atom is 0.328 e. The smallest absolute Gasteiger partial charge is 0.328 e. The second kappa shape index (κ2) is 6.95. The summed E-state index contributed by atoms with van der Waals surface area (Å²) < 4.78 is 5.70. The SMILES string of the molecule is Cc1cc(OCc2ccc(C=CC(=O)O)cc2)ccc1Cl. The van der Waals surface area contributed by atoms with E-state index in [0.29, 0.717) is 6.61 Å². The minimum atomic E-state index is -0.958. The topological polar surface area (TPSA) is 46.5 Å². The highest BCUT2D eigenvalue weighted by Crippen LogP contribution is 2.21. The number of aryl methyl sites for hydroxylation is 1. The van der Waals surface area contributed by atoms with Crippen molar-refractivity contribution in [1.29, 1.82) is 0 Å². The van der Waals surface area contributed by atoms with E-state index in [9.17, 15) is 4.79 Å². The van der Waals surface area contributed by atoms with Crippen LogP contribution < -0.4 is 4.74 Å². The number of carboxylic acids is 1. The highest BCUT2D eigenvalue weighted by atomic mass is 35.5. The van der Waals surface area contributed by atoms with Gasteiger partial charge in [-0.1, -0.05) is 35.9 Å². The third kappa shape index (κ3) is 4.65. The molecule has 1 N–H and O–H groups in total. The average molecular weight is 303 g/mol. The molecule has 0 unspecified atom stereocenters. The number of hydrogen-bond donors (Lipinski definition) is 1. The quantitative estimate of drug-likeness (QED) is 0.836. The van der Waals surface area contributed by atoms with Gasteiger partial charge < -0.3 is 9.84 Å². The van der Waals surface area contributed by atoms with E-state index >= 15 is 0 Å². The van der Waals surface area contributed by atoms with Crippen molar-refractivity contribution in [3.05, 3.63) is 70.3 Å². The van der Waals surface area contributed by atoms with Gasteiger partial charge in [-0.15, -0.1) is 0 Å². The van der Waals surface area contributed by atoms with E-state index in [1.807, 2.05) is 49.4 Å². The Labute approximate surface area is 128 Å². The summed E-state index contributed by atoms with van der Waals surface area (Å²) in [5.74, 6) is -0.188. The van der Waals surface area contributed by atoms with Crippen LogP contribution in [0.3, 0.4) is 0 Å². The molecule has 0 radical (unpaired) electrons. The number of carbonyl (C=O) groups is 1. The van der Waals surface area contributed by atoms with E-state index in [0.717, 1.165) is 33.5 Å². The van der Waals surface area contributed by atoms with Crippen molar-refractivity contribution >= 4 is 23.6 Å². The zero-order valence-electron chi connectivity index (χ0n) is 11.5. The first-order valence-electron chi connectivity index (χ1n) is 6.43. The molecule has 2 aromatic rings. The van der Waals surface area contributed by atoms with Gasteiger partial charge in [0.25, 0.3) is 0 Å². The Morgan fingerprint density at radius 2 is 1.95 bits per heavy atom. The molecule has 2 aromatic carbocycles. The predicted molar refractivity (Wildman–Crippen MR) is 83.6 cm³/mol. The fourth-order valence-electron chi connectivity index (χ4n) is 1.77. The summed E-state index contributed by atoms with van der Waals surface area (Å²) in [6.07, 6.45) is 2.66. The van der Waals surface area contributed by atoms with Crippen molar-refractivity contribution in [1.82, 2.24) is 0 Å². The number of rotatable bonds is 5. The average Bonchev–Trinajstić information content (AvgIpc) is 2.47. The highest BCUT2D eigenvalue weighted by Gasteiger charge is 2.00. The molecule has 0 aliphatic heterocycles. The Hall–Kier alpha value is -2.26. The van der Waals surface area contributed by atoms with Crippen molar-refractivity contribution in [2.75, 3.05) is 0 Å². The Kier molecular flexibility index (Phi) is 5.01. The minimum absolute atomic E-state index is 0.448. The van der Waals surface area contributed by atoms with Gasteiger partial charge in [0.2, 0.25) is 0 Å². The fraction of sp³-hybridized carbons (Fsp3) is 0.118. The Bertz CT molecular complexity index is 660. The monoisotopic (exact) mass is 302 g/mol. The molecule has 21 heavy (non-hydrogen) atoms. The number of hydrogen-bond acceptors (Lipinski definition) is 2. The Morgan fingerprint density at radius 3 is 2.57 bits per heavy atom. The van der Waals surface area contributed by atoms with Gasteiger partial charge in [0.15, 0.2) is 0 Å². The lowest BCUT2D eigenvalue weighted by atomic mass is 10.1. The number of halogens is 1. The molecule has 0 aromatic heterocycles. The van der Waals surface area contributed by atoms with Crippen LogP contribution in [0, 0.1) is 6.92 Å². The van der Waals surface area contributed by atoms with Gasteiger partial charge in [0.1, 0.15) is 12.4 Å². The van der Waals surface area contributed by atoms with E-state index in [2.05, 4.69) is 0 Å². The van der Waals surface area contributed by atoms with Crippen molar-refractivity contribution in [3.63, 3.8) is 0 Å². The van der Waals surface area contributed by atoms with Crippen LogP contribution in [0.4, 0.5) is 0 Å². The fourth-order valence-corrected chi connectivity index (χ4v) is 1.88. The number of ether oxygens (including phenoxy) is 1. The summed E-state index contributed by atoms with van der Waals surface area (Å²) in [6.45, 7) is 2.38. The first-order chi connectivity index (χ1) is 10.0. The lowest BCUT2D eigenvalue weighted by Gasteiger charge is -2.08. The van der Waals surface area contributed by atoms with Crippen LogP contribution in [0.5, 0.6) is 5.75 Å². The van der Waals surface area contributed by atoms with Crippen molar-refractivity contribution in [3.8, 4) is 5.75 Å². The summed E-state index contributed by atoms with van der Waals surface area (Å²) in [5, 5.41) is 9.28. The molecule has 2 rings (SSSR count). The Balaban J connectivity index is 1.97. The van der Waals surface area contributed by atoms with Gasteiger partial charge >= 0.3 is 5.97 Å².